The molecule has 2 unspecified atom stereocenters. The first-order valence-corrected chi connectivity index (χ1v) is 13.4. The lowest BCUT2D eigenvalue weighted by atomic mass is 9.77. The van der Waals surface area contributed by atoms with E-state index < -0.39 is 4.92 Å². The van der Waals surface area contributed by atoms with Crippen LogP contribution in [0.4, 0.5) is 16.5 Å². The smallest absolute Gasteiger partial charge is 0.258 e. The molecule has 0 N–H and O–H groups in total. The quantitative estimate of drug-likeness (QED) is 0.187. The summed E-state index contributed by atoms with van der Waals surface area (Å²) in [6, 6.07) is 23.0. The second-order valence-electron chi connectivity index (χ2n) is 9.53. The zero-order chi connectivity index (χ0) is 26.9. The second kappa shape index (κ2) is 10.2. The van der Waals surface area contributed by atoms with Gasteiger partial charge in [0.15, 0.2) is 0 Å². The molecule has 3 aromatic carbocycles. The maximum Gasteiger partial charge on any atom is 0.270 e. The Bertz CT molecular complexity index is 1630. The highest BCUT2D eigenvalue weighted by atomic mass is 32.1. The normalized spacial score (nSPS) is 19.5. The van der Waals surface area contributed by atoms with Crippen molar-refractivity contribution in [2.45, 2.75) is 25.3 Å². The molecule has 1 fully saturated rings. The summed E-state index contributed by atoms with van der Waals surface area (Å²) in [5.74, 6) is -0.00484. The molecule has 0 bridgehead atoms. The summed E-state index contributed by atoms with van der Waals surface area (Å²) in [5, 5.41) is 32.6. The van der Waals surface area contributed by atoms with Crippen molar-refractivity contribution in [3.8, 4) is 11.3 Å². The summed E-state index contributed by atoms with van der Waals surface area (Å²) in [6.45, 7) is 0. The van der Waals surface area contributed by atoms with Gasteiger partial charge in [0.1, 0.15) is 0 Å². The average molecular weight is 538 g/mol. The molecule has 1 saturated carbocycles. The molecule has 0 saturated heterocycles. The van der Waals surface area contributed by atoms with Crippen molar-refractivity contribution in [2.75, 3.05) is 5.01 Å². The van der Waals surface area contributed by atoms with E-state index in [0.29, 0.717) is 5.13 Å². The maximum atomic E-state index is 11.6. The number of fused-ring (bicyclic) bond motifs is 1. The Labute approximate surface area is 228 Å². The zero-order valence-corrected chi connectivity index (χ0v) is 21.5. The van der Waals surface area contributed by atoms with Gasteiger partial charge in [-0.25, -0.2) is 9.99 Å². The van der Waals surface area contributed by atoms with E-state index in [9.17, 15) is 20.2 Å². The molecular weight excluding hydrogens is 514 g/mol. The number of aromatic nitrogens is 1. The lowest BCUT2D eigenvalue weighted by Crippen LogP contribution is -2.28. The Balaban J connectivity index is 1.44. The number of rotatable bonds is 6. The summed E-state index contributed by atoms with van der Waals surface area (Å²) in [6.07, 6.45) is 4.55. The minimum atomic E-state index is -0.397. The van der Waals surface area contributed by atoms with Crippen LogP contribution in [0.25, 0.3) is 17.3 Å². The van der Waals surface area contributed by atoms with Gasteiger partial charge in [-0.05, 0) is 42.0 Å². The first-order valence-electron chi connectivity index (χ1n) is 12.6. The Morgan fingerprint density at radius 3 is 2.44 bits per heavy atom. The van der Waals surface area contributed by atoms with Gasteiger partial charge < -0.3 is 0 Å². The number of benzene rings is 3. The van der Waals surface area contributed by atoms with E-state index in [-0.39, 0.29) is 28.3 Å². The van der Waals surface area contributed by atoms with E-state index in [1.54, 1.807) is 24.3 Å². The van der Waals surface area contributed by atoms with Crippen molar-refractivity contribution in [3.63, 3.8) is 0 Å². The Morgan fingerprint density at radius 2 is 1.67 bits per heavy atom. The van der Waals surface area contributed by atoms with E-state index in [0.717, 1.165) is 52.9 Å². The van der Waals surface area contributed by atoms with Crippen molar-refractivity contribution in [2.24, 2.45) is 11.0 Å². The molecular formula is C29H23N5O4S. The van der Waals surface area contributed by atoms with Gasteiger partial charge in [0.2, 0.25) is 5.13 Å². The van der Waals surface area contributed by atoms with Crippen LogP contribution in [0.2, 0.25) is 0 Å². The predicted octanol–water partition coefficient (Wildman–Crippen LogP) is 7.43. The first kappa shape index (κ1) is 24.6. The van der Waals surface area contributed by atoms with Gasteiger partial charge in [-0.15, -0.1) is 11.3 Å². The number of allylic oxidation sites excluding steroid dienone is 1. The lowest BCUT2D eigenvalue weighted by Gasteiger charge is -2.29. The fourth-order valence-electron chi connectivity index (χ4n) is 5.35. The molecule has 39 heavy (non-hydrogen) atoms. The summed E-state index contributed by atoms with van der Waals surface area (Å²) in [4.78, 5) is 27.0. The lowest BCUT2D eigenvalue weighted by molar-refractivity contribution is -0.385. The molecule has 0 spiro atoms. The van der Waals surface area contributed by atoms with Crippen LogP contribution in [0.5, 0.6) is 0 Å². The third-order valence-electron chi connectivity index (χ3n) is 7.10. The number of non-ortho nitro benzene ring substituents is 2. The molecule has 2 atom stereocenters. The van der Waals surface area contributed by atoms with E-state index in [4.69, 9.17) is 10.1 Å². The number of nitrogens with zero attached hydrogens (tertiary/aromatic N) is 5. The highest BCUT2D eigenvalue weighted by Crippen LogP contribution is 2.47. The van der Waals surface area contributed by atoms with Crippen LogP contribution in [0.3, 0.4) is 0 Å². The van der Waals surface area contributed by atoms with Gasteiger partial charge in [0.05, 0.1) is 27.3 Å². The monoisotopic (exact) mass is 537 g/mol. The highest BCUT2D eigenvalue weighted by molar-refractivity contribution is 7.14. The molecule has 6 rings (SSSR count). The van der Waals surface area contributed by atoms with E-state index in [1.807, 2.05) is 58.9 Å². The molecule has 1 aliphatic carbocycles. The van der Waals surface area contributed by atoms with Crippen LogP contribution in [0.1, 0.15) is 36.4 Å². The summed E-state index contributed by atoms with van der Waals surface area (Å²) < 4.78 is 0. The van der Waals surface area contributed by atoms with Gasteiger partial charge in [-0.1, -0.05) is 54.6 Å². The Kier molecular flexibility index (Phi) is 6.45. The number of nitro groups is 2. The molecule has 2 heterocycles. The summed E-state index contributed by atoms with van der Waals surface area (Å²) in [7, 11) is 0. The standard InChI is InChI=1S/C29H23N5O4S/c35-33(36)23-12-4-7-19(16-23)15-21-10-6-14-25-27(21)31-32(28(25)22-11-5-13-24(17-22)34(37)38)29-30-26(18-39-29)20-8-2-1-3-9-20/h1-5,7-9,11-13,15-18,25,28H,6,10,14H2/b21-15+. The molecule has 4 aromatic rings. The Morgan fingerprint density at radius 1 is 0.923 bits per heavy atom. The van der Waals surface area contributed by atoms with Crippen LogP contribution < -0.4 is 5.01 Å². The number of nitro benzene ring substituents is 2. The summed E-state index contributed by atoms with van der Waals surface area (Å²) in [5.41, 5.74) is 5.39. The minimum Gasteiger partial charge on any atom is -0.258 e. The largest absolute Gasteiger partial charge is 0.270 e. The van der Waals surface area contributed by atoms with Gasteiger partial charge in [-0.2, -0.15) is 5.10 Å². The number of thiazole rings is 1. The number of hydrogen-bond donors (Lipinski definition) is 0. The SMILES string of the molecule is O=[N+]([O-])c1cccc(/C=C2\CCCC3C2=NN(c2nc(-c4ccccc4)cs2)C3c2cccc([N+](=O)[O-])c2)c1. The van der Waals surface area contributed by atoms with Crippen molar-refractivity contribution in [1.82, 2.24) is 4.98 Å². The van der Waals surface area contributed by atoms with Crippen LogP contribution in [-0.4, -0.2) is 20.5 Å². The third kappa shape index (κ3) is 4.82. The first-order chi connectivity index (χ1) is 19.0. The van der Waals surface area contributed by atoms with E-state index in [2.05, 4.69) is 0 Å². The third-order valence-corrected chi connectivity index (χ3v) is 7.93. The molecule has 0 radical (unpaired) electrons. The molecule has 1 aromatic heterocycles. The number of anilines is 1. The highest BCUT2D eigenvalue weighted by Gasteiger charge is 2.43. The van der Waals surface area contributed by atoms with Gasteiger partial charge in [0, 0.05) is 41.1 Å². The van der Waals surface area contributed by atoms with E-state index in [1.165, 1.54) is 23.5 Å². The van der Waals surface area contributed by atoms with Crippen LogP contribution in [0.15, 0.2) is 94.9 Å². The minimum absolute atomic E-state index is 0.00484. The second-order valence-corrected chi connectivity index (χ2v) is 10.4. The average Bonchev–Trinajstić information content (AvgIpc) is 3.60. The number of hydrazone groups is 1. The van der Waals surface area contributed by atoms with Crippen LogP contribution in [-0.2, 0) is 0 Å². The molecule has 2 aliphatic rings. The van der Waals surface area contributed by atoms with Crippen molar-refractivity contribution in [1.29, 1.82) is 0 Å². The molecule has 1 aliphatic heterocycles. The zero-order valence-electron chi connectivity index (χ0n) is 20.7. The molecule has 10 heteroatoms. The fourth-order valence-corrected chi connectivity index (χ4v) is 6.17. The van der Waals surface area contributed by atoms with Gasteiger partial charge >= 0.3 is 0 Å². The molecule has 0 amide bonds. The topological polar surface area (TPSA) is 115 Å². The van der Waals surface area contributed by atoms with Crippen molar-refractivity contribution >= 4 is 39.6 Å². The number of hydrogen-bond acceptors (Lipinski definition) is 8. The fraction of sp³-hybridized carbons (Fsp3) is 0.172. The maximum absolute atomic E-state index is 11.6. The van der Waals surface area contributed by atoms with Crippen LogP contribution in [0, 0.1) is 26.1 Å². The summed E-state index contributed by atoms with van der Waals surface area (Å²) >= 11 is 1.49. The van der Waals surface area contributed by atoms with Crippen molar-refractivity contribution < 1.29 is 9.85 Å². The van der Waals surface area contributed by atoms with E-state index >= 15 is 0 Å². The van der Waals surface area contributed by atoms with Crippen LogP contribution >= 0.6 is 11.3 Å². The van der Waals surface area contributed by atoms with Gasteiger partial charge in [-0.3, -0.25) is 20.2 Å². The molecule has 194 valence electrons. The molecule has 9 nitrogen and oxygen atoms in total. The predicted molar refractivity (Wildman–Crippen MR) is 152 cm³/mol. The Hall–Kier alpha value is -4.70. The van der Waals surface area contributed by atoms with Gasteiger partial charge in [0.25, 0.3) is 11.4 Å². The van der Waals surface area contributed by atoms with Crippen molar-refractivity contribution in [3.05, 3.63) is 121 Å².